The molecule has 0 atom stereocenters. The van der Waals surface area contributed by atoms with E-state index in [4.69, 9.17) is 11.6 Å². The first-order chi connectivity index (χ1) is 10.0. The van der Waals surface area contributed by atoms with E-state index in [1.807, 2.05) is 30.9 Å². The third kappa shape index (κ3) is 2.91. The van der Waals surface area contributed by atoms with Crippen molar-refractivity contribution in [2.45, 2.75) is 32.9 Å². The van der Waals surface area contributed by atoms with E-state index in [-0.39, 0.29) is 12.1 Å². The summed E-state index contributed by atoms with van der Waals surface area (Å²) >= 11 is 7.51. The molecule has 0 saturated carbocycles. The van der Waals surface area contributed by atoms with E-state index in [0.717, 1.165) is 32.6 Å². The van der Waals surface area contributed by atoms with Crippen LogP contribution in [0.3, 0.4) is 0 Å². The molecular formula is C14H17ClN4OS. The lowest BCUT2D eigenvalue weighted by molar-refractivity contribution is 0.190. The lowest BCUT2D eigenvalue weighted by Gasteiger charge is -2.28. The van der Waals surface area contributed by atoms with Gasteiger partial charge >= 0.3 is 6.03 Å². The number of amides is 2. The molecule has 7 heteroatoms. The Kier molecular flexibility index (Phi) is 3.91. The summed E-state index contributed by atoms with van der Waals surface area (Å²) in [6.45, 7) is 5.21. The summed E-state index contributed by atoms with van der Waals surface area (Å²) < 4.78 is 0.743. The number of halogens is 1. The van der Waals surface area contributed by atoms with Gasteiger partial charge in [-0.2, -0.15) is 5.10 Å². The largest absolute Gasteiger partial charge is 0.336 e. The van der Waals surface area contributed by atoms with E-state index in [9.17, 15) is 4.79 Å². The first-order valence-electron chi connectivity index (χ1n) is 6.92. The van der Waals surface area contributed by atoms with E-state index in [1.165, 1.54) is 11.3 Å². The van der Waals surface area contributed by atoms with Crippen molar-refractivity contribution in [3.8, 4) is 10.6 Å². The minimum Gasteiger partial charge on any atom is -0.336 e. The SMILES string of the molecule is CC(C)NC(=O)N1CCc2[nH]nc(-c3ccc(Cl)s3)c2C1. The zero-order valence-corrected chi connectivity index (χ0v) is 13.5. The van der Waals surface area contributed by atoms with Gasteiger partial charge < -0.3 is 10.2 Å². The highest BCUT2D eigenvalue weighted by molar-refractivity contribution is 7.19. The van der Waals surface area contributed by atoms with Crippen molar-refractivity contribution in [1.82, 2.24) is 20.4 Å². The Balaban J connectivity index is 1.84. The maximum Gasteiger partial charge on any atom is 0.317 e. The number of carbonyl (C=O) groups is 1. The van der Waals surface area contributed by atoms with Crippen molar-refractivity contribution in [3.63, 3.8) is 0 Å². The van der Waals surface area contributed by atoms with Crippen LogP contribution in [0.2, 0.25) is 4.34 Å². The maximum atomic E-state index is 12.2. The van der Waals surface area contributed by atoms with E-state index >= 15 is 0 Å². The molecule has 2 N–H and O–H groups in total. The molecule has 0 radical (unpaired) electrons. The molecule has 0 aromatic carbocycles. The van der Waals surface area contributed by atoms with Gasteiger partial charge in [0, 0.05) is 30.3 Å². The normalized spacial score (nSPS) is 14.4. The Morgan fingerprint density at radius 1 is 1.52 bits per heavy atom. The fraction of sp³-hybridized carbons (Fsp3) is 0.429. The molecule has 1 aliphatic rings. The van der Waals surface area contributed by atoms with Crippen LogP contribution >= 0.6 is 22.9 Å². The highest BCUT2D eigenvalue weighted by Crippen LogP contribution is 2.34. The van der Waals surface area contributed by atoms with Crippen molar-refractivity contribution in [3.05, 3.63) is 27.7 Å². The molecule has 3 heterocycles. The molecule has 2 amide bonds. The Morgan fingerprint density at radius 3 is 3.00 bits per heavy atom. The highest BCUT2D eigenvalue weighted by Gasteiger charge is 2.26. The minimum atomic E-state index is -0.0213. The molecule has 2 aromatic heterocycles. The van der Waals surface area contributed by atoms with Crippen molar-refractivity contribution < 1.29 is 4.79 Å². The van der Waals surface area contributed by atoms with Crippen LogP contribution in [0, 0.1) is 0 Å². The summed E-state index contributed by atoms with van der Waals surface area (Å²) in [7, 11) is 0. The van der Waals surface area contributed by atoms with Gasteiger partial charge in [-0.15, -0.1) is 11.3 Å². The number of fused-ring (bicyclic) bond motifs is 1. The molecule has 0 fully saturated rings. The Morgan fingerprint density at radius 2 is 2.33 bits per heavy atom. The van der Waals surface area contributed by atoms with Gasteiger partial charge in [0.05, 0.1) is 15.8 Å². The molecule has 0 saturated heterocycles. The summed E-state index contributed by atoms with van der Waals surface area (Å²) in [5.41, 5.74) is 3.12. The molecule has 0 bridgehead atoms. The van der Waals surface area contributed by atoms with Crippen LogP contribution in [-0.2, 0) is 13.0 Å². The van der Waals surface area contributed by atoms with Crippen molar-refractivity contribution >= 4 is 29.0 Å². The molecule has 21 heavy (non-hydrogen) atoms. The molecule has 5 nitrogen and oxygen atoms in total. The average Bonchev–Trinajstić information content (AvgIpc) is 3.02. The summed E-state index contributed by atoms with van der Waals surface area (Å²) in [5, 5.41) is 10.4. The van der Waals surface area contributed by atoms with Gasteiger partial charge in [0.2, 0.25) is 0 Å². The van der Waals surface area contributed by atoms with Crippen LogP contribution in [0.4, 0.5) is 4.79 Å². The standard InChI is InChI=1S/C14H17ClN4OS/c1-8(2)16-14(20)19-6-5-10-9(7-19)13(18-17-10)11-3-4-12(15)21-11/h3-4,8H,5-7H2,1-2H3,(H,16,20)(H,17,18). The predicted molar refractivity (Wildman–Crippen MR) is 84.7 cm³/mol. The van der Waals surface area contributed by atoms with Crippen molar-refractivity contribution in [1.29, 1.82) is 0 Å². The van der Waals surface area contributed by atoms with Crippen LogP contribution in [0.25, 0.3) is 10.6 Å². The number of carbonyl (C=O) groups excluding carboxylic acids is 1. The number of hydrogen-bond acceptors (Lipinski definition) is 3. The van der Waals surface area contributed by atoms with Crippen LogP contribution in [-0.4, -0.2) is 33.7 Å². The Labute approximate surface area is 132 Å². The lowest BCUT2D eigenvalue weighted by Crippen LogP contribution is -2.45. The molecule has 1 aliphatic heterocycles. The van der Waals surface area contributed by atoms with Gasteiger partial charge in [0.1, 0.15) is 5.69 Å². The molecule has 0 spiro atoms. The number of aromatic amines is 1. The van der Waals surface area contributed by atoms with Crippen LogP contribution in [0.5, 0.6) is 0 Å². The number of urea groups is 1. The number of aromatic nitrogens is 2. The second-order valence-corrected chi connectivity index (χ2v) is 7.12. The lowest BCUT2D eigenvalue weighted by atomic mass is 10.0. The van der Waals surface area contributed by atoms with E-state index < -0.39 is 0 Å². The van der Waals surface area contributed by atoms with Crippen LogP contribution in [0.15, 0.2) is 12.1 Å². The first kappa shape index (κ1) is 14.4. The van der Waals surface area contributed by atoms with E-state index in [0.29, 0.717) is 13.1 Å². The van der Waals surface area contributed by atoms with Gasteiger partial charge in [-0.1, -0.05) is 11.6 Å². The smallest absolute Gasteiger partial charge is 0.317 e. The molecule has 0 unspecified atom stereocenters. The molecule has 2 aromatic rings. The second kappa shape index (κ2) is 5.69. The van der Waals surface area contributed by atoms with Crippen LogP contribution < -0.4 is 5.32 Å². The Bertz CT molecular complexity index is 664. The predicted octanol–water partition coefficient (Wildman–Crippen LogP) is 3.27. The zero-order valence-electron chi connectivity index (χ0n) is 11.9. The number of rotatable bonds is 2. The van der Waals surface area contributed by atoms with E-state index in [1.54, 1.807) is 0 Å². The summed E-state index contributed by atoms with van der Waals surface area (Å²) in [5.74, 6) is 0. The third-order valence-corrected chi connectivity index (χ3v) is 4.68. The molecule has 112 valence electrons. The number of nitrogens with one attached hydrogen (secondary N) is 2. The number of H-pyrrole nitrogens is 1. The summed E-state index contributed by atoms with van der Waals surface area (Å²) in [6.07, 6.45) is 0.799. The fourth-order valence-corrected chi connectivity index (χ4v) is 3.51. The third-order valence-electron chi connectivity index (χ3n) is 3.44. The van der Waals surface area contributed by atoms with Crippen molar-refractivity contribution in [2.75, 3.05) is 6.54 Å². The van der Waals surface area contributed by atoms with Gasteiger partial charge in [0.15, 0.2) is 0 Å². The average molecular weight is 325 g/mol. The van der Waals surface area contributed by atoms with Gasteiger partial charge in [-0.3, -0.25) is 5.10 Å². The highest BCUT2D eigenvalue weighted by atomic mass is 35.5. The van der Waals surface area contributed by atoms with E-state index in [2.05, 4.69) is 15.5 Å². The quantitative estimate of drug-likeness (QED) is 0.890. The first-order valence-corrected chi connectivity index (χ1v) is 8.11. The zero-order chi connectivity index (χ0) is 15.0. The summed E-state index contributed by atoms with van der Waals surface area (Å²) in [6, 6.07) is 3.96. The Hall–Kier alpha value is -1.53. The number of nitrogens with zero attached hydrogens (tertiary/aromatic N) is 2. The minimum absolute atomic E-state index is 0.0213. The van der Waals surface area contributed by atoms with Gasteiger partial charge in [-0.25, -0.2) is 4.79 Å². The van der Waals surface area contributed by atoms with Crippen molar-refractivity contribution in [2.24, 2.45) is 0 Å². The number of thiophene rings is 1. The van der Waals surface area contributed by atoms with Crippen LogP contribution in [0.1, 0.15) is 25.1 Å². The topological polar surface area (TPSA) is 61.0 Å². The summed E-state index contributed by atoms with van der Waals surface area (Å²) in [4.78, 5) is 15.0. The molecule has 0 aliphatic carbocycles. The molecular weight excluding hydrogens is 308 g/mol. The second-order valence-electron chi connectivity index (χ2n) is 5.41. The monoisotopic (exact) mass is 324 g/mol. The fourth-order valence-electron chi connectivity index (χ4n) is 2.45. The van der Waals surface area contributed by atoms with Gasteiger partial charge in [0.25, 0.3) is 0 Å². The number of hydrogen-bond donors (Lipinski definition) is 2. The molecule has 3 rings (SSSR count). The van der Waals surface area contributed by atoms with Gasteiger partial charge in [-0.05, 0) is 26.0 Å². The maximum absolute atomic E-state index is 12.2.